The molecule has 0 saturated carbocycles. The molecule has 0 N–H and O–H groups in total. The van der Waals surface area contributed by atoms with E-state index in [9.17, 15) is 8.42 Å². The fourth-order valence-electron chi connectivity index (χ4n) is 2.06. The van der Waals surface area contributed by atoms with E-state index in [-0.39, 0.29) is 5.41 Å². The first kappa shape index (κ1) is 18.9. The van der Waals surface area contributed by atoms with Gasteiger partial charge >= 0.3 is 0 Å². The number of hydrogen-bond acceptors (Lipinski definition) is 2. The lowest BCUT2D eigenvalue weighted by atomic mass is 9.85. The van der Waals surface area contributed by atoms with Crippen LogP contribution in [0.15, 0.2) is 0 Å². The van der Waals surface area contributed by atoms with Crippen molar-refractivity contribution >= 4 is 9.84 Å². The number of unbranched alkanes of at least 4 members (excludes halogenated alkanes) is 1. The van der Waals surface area contributed by atoms with Gasteiger partial charge in [-0.3, -0.25) is 0 Å². The Morgan fingerprint density at radius 2 is 1.16 bits per heavy atom. The Balaban J connectivity index is 4.35. The van der Waals surface area contributed by atoms with Crippen LogP contribution in [0.3, 0.4) is 0 Å². The second kappa shape index (κ2) is 6.15. The molecular formula is C16H34O2S. The van der Waals surface area contributed by atoms with Gasteiger partial charge in [-0.1, -0.05) is 47.5 Å². The maximum absolute atomic E-state index is 12.3. The van der Waals surface area contributed by atoms with Crippen LogP contribution in [0.4, 0.5) is 0 Å². The molecule has 0 atom stereocenters. The van der Waals surface area contributed by atoms with Gasteiger partial charge < -0.3 is 0 Å². The van der Waals surface area contributed by atoms with Gasteiger partial charge in [0, 0.05) is 0 Å². The van der Waals surface area contributed by atoms with Gasteiger partial charge in [-0.05, 0) is 44.4 Å². The predicted molar refractivity (Wildman–Crippen MR) is 85.2 cm³/mol. The van der Waals surface area contributed by atoms with Crippen molar-refractivity contribution in [2.24, 2.45) is 10.8 Å². The number of sulfone groups is 1. The molecule has 0 aliphatic rings. The highest BCUT2D eigenvalue weighted by Crippen LogP contribution is 2.31. The highest BCUT2D eigenvalue weighted by atomic mass is 32.2. The molecular weight excluding hydrogens is 256 g/mol. The summed E-state index contributed by atoms with van der Waals surface area (Å²) in [6, 6.07) is 0. The van der Waals surface area contributed by atoms with Gasteiger partial charge in [-0.15, -0.1) is 0 Å². The van der Waals surface area contributed by atoms with Gasteiger partial charge in [0.25, 0.3) is 0 Å². The van der Waals surface area contributed by atoms with Crippen LogP contribution in [0.25, 0.3) is 0 Å². The lowest BCUT2D eigenvalue weighted by Crippen LogP contribution is -2.36. The van der Waals surface area contributed by atoms with Crippen LogP contribution >= 0.6 is 0 Å². The summed E-state index contributed by atoms with van der Waals surface area (Å²) in [5, 5.41) is 0. The van der Waals surface area contributed by atoms with Crippen LogP contribution in [0.2, 0.25) is 0 Å². The molecule has 0 rings (SSSR count). The predicted octanol–water partition coefficient (Wildman–Crippen LogP) is 4.83. The summed E-state index contributed by atoms with van der Waals surface area (Å²) in [4.78, 5) is 0. The Morgan fingerprint density at radius 3 is 1.53 bits per heavy atom. The van der Waals surface area contributed by atoms with Crippen LogP contribution in [0.1, 0.15) is 81.1 Å². The van der Waals surface area contributed by atoms with Crippen molar-refractivity contribution in [2.45, 2.75) is 85.8 Å². The first-order valence-electron chi connectivity index (χ1n) is 7.39. The second-order valence-corrected chi connectivity index (χ2v) is 11.5. The summed E-state index contributed by atoms with van der Waals surface area (Å²) in [6.07, 6.45) is 4.49. The number of hydrogen-bond donors (Lipinski definition) is 0. The molecule has 0 aliphatic carbocycles. The molecule has 0 amide bonds. The van der Waals surface area contributed by atoms with Gasteiger partial charge in [-0.2, -0.15) is 0 Å². The van der Waals surface area contributed by atoms with Crippen molar-refractivity contribution in [3.05, 3.63) is 0 Å². The third-order valence-electron chi connectivity index (χ3n) is 3.54. The Labute approximate surface area is 121 Å². The average Bonchev–Trinajstić information content (AvgIpc) is 2.07. The molecule has 116 valence electrons. The molecule has 0 unspecified atom stereocenters. The molecule has 3 heteroatoms. The summed E-state index contributed by atoms with van der Waals surface area (Å²) in [5.74, 6) is 0.291. The van der Waals surface area contributed by atoms with Crippen LogP contribution < -0.4 is 0 Å². The third-order valence-corrected chi connectivity index (χ3v) is 6.57. The molecule has 0 bridgehead atoms. The topological polar surface area (TPSA) is 34.1 Å². The molecule has 0 aliphatic heterocycles. The van der Waals surface area contributed by atoms with E-state index in [4.69, 9.17) is 0 Å². The lowest BCUT2D eigenvalue weighted by molar-refractivity contribution is 0.318. The summed E-state index contributed by atoms with van der Waals surface area (Å²) < 4.78 is 23.9. The fraction of sp³-hybridized carbons (Fsp3) is 1.00. The van der Waals surface area contributed by atoms with Crippen LogP contribution in [-0.2, 0) is 9.84 Å². The molecule has 0 heterocycles. The zero-order valence-electron chi connectivity index (χ0n) is 14.3. The zero-order chi connectivity index (χ0) is 15.5. The van der Waals surface area contributed by atoms with Crippen LogP contribution in [0.5, 0.6) is 0 Å². The summed E-state index contributed by atoms with van der Waals surface area (Å²) in [5.41, 5.74) is 0.256. The summed E-state index contributed by atoms with van der Waals surface area (Å²) >= 11 is 0. The van der Waals surface area contributed by atoms with E-state index >= 15 is 0 Å². The van der Waals surface area contributed by atoms with Gasteiger partial charge in [0.05, 0.1) is 10.5 Å². The highest BCUT2D eigenvalue weighted by Gasteiger charge is 2.34. The molecule has 0 spiro atoms. The minimum Gasteiger partial charge on any atom is -0.228 e. The standard InChI is InChI=1S/C16H34O2S/c1-14(2,3)11-9-10-12-16(7,8)13-19(17,18)15(4,5)6/h9-13H2,1-8H3. The fourth-order valence-corrected chi connectivity index (χ4v) is 3.67. The summed E-state index contributed by atoms with van der Waals surface area (Å²) in [7, 11) is -3.02. The molecule has 0 radical (unpaired) electrons. The van der Waals surface area contributed by atoms with E-state index in [1.54, 1.807) is 20.8 Å². The van der Waals surface area contributed by atoms with E-state index < -0.39 is 14.6 Å². The normalized spacial score (nSPS) is 14.7. The molecule has 0 fully saturated rings. The molecule has 2 nitrogen and oxygen atoms in total. The molecule has 0 aromatic heterocycles. The smallest absolute Gasteiger partial charge is 0.155 e. The van der Waals surface area contributed by atoms with Gasteiger partial charge in [0.15, 0.2) is 9.84 Å². The van der Waals surface area contributed by atoms with Crippen LogP contribution in [0, 0.1) is 10.8 Å². The van der Waals surface area contributed by atoms with E-state index in [0.717, 1.165) is 12.8 Å². The highest BCUT2D eigenvalue weighted by molar-refractivity contribution is 7.92. The van der Waals surface area contributed by atoms with Crippen molar-refractivity contribution in [1.82, 2.24) is 0 Å². The first-order valence-corrected chi connectivity index (χ1v) is 9.04. The van der Waals surface area contributed by atoms with Gasteiger partial charge in [-0.25, -0.2) is 8.42 Å². The van der Waals surface area contributed by atoms with Crippen molar-refractivity contribution in [3.8, 4) is 0 Å². The van der Waals surface area contributed by atoms with Crippen molar-refractivity contribution in [2.75, 3.05) is 5.75 Å². The maximum atomic E-state index is 12.3. The maximum Gasteiger partial charge on any atom is 0.155 e. The van der Waals surface area contributed by atoms with Gasteiger partial charge in [0.1, 0.15) is 0 Å². The molecule has 19 heavy (non-hydrogen) atoms. The van der Waals surface area contributed by atoms with Crippen molar-refractivity contribution < 1.29 is 8.42 Å². The van der Waals surface area contributed by atoms with E-state index in [2.05, 4.69) is 34.6 Å². The Kier molecular flexibility index (Phi) is 6.14. The van der Waals surface area contributed by atoms with E-state index in [1.807, 2.05) is 0 Å². The average molecular weight is 291 g/mol. The number of rotatable bonds is 6. The van der Waals surface area contributed by atoms with E-state index in [0.29, 0.717) is 11.2 Å². The third kappa shape index (κ3) is 7.96. The lowest BCUT2D eigenvalue weighted by Gasteiger charge is -2.29. The molecule has 0 aromatic carbocycles. The Bertz CT molecular complexity index is 365. The first-order chi connectivity index (χ1) is 8.16. The molecule has 0 aromatic rings. The monoisotopic (exact) mass is 290 g/mol. The van der Waals surface area contributed by atoms with Crippen LogP contribution in [-0.4, -0.2) is 18.9 Å². The van der Waals surface area contributed by atoms with Gasteiger partial charge in [0.2, 0.25) is 0 Å². The summed E-state index contributed by atoms with van der Waals surface area (Å²) in [6.45, 7) is 16.3. The Hall–Kier alpha value is -0.0500. The minimum absolute atomic E-state index is 0.121. The largest absolute Gasteiger partial charge is 0.228 e. The molecule has 0 saturated heterocycles. The SMILES string of the molecule is CC(C)(C)CCCCC(C)(C)CS(=O)(=O)C(C)(C)C. The quantitative estimate of drug-likeness (QED) is 0.656. The Morgan fingerprint density at radius 1 is 0.737 bits per heavy atom. The minimum atomic E-state index is -3.02. The second-order valence-electron chi connectivity index (χ2n) is 8.80. The van der Waals surface area contributed by atoms with Crippen molar-refractivity contribution in [3.63, 3.8) is 0 Å². The van der Waals surface area contributed by atoms with E-state index in [1.165, 1.54) is 12.8 Å². The van der Waals surface area contributed by atoms with Crippen molar-refractivity contribution in [1.29, 1.82) is 0 Å². The zero-order valence-corrected chi connectivity index (χ0v) is 15.1.